The van der Waals surface area contributed by atoms with Crippen LogP contribution in [0.5, 0.6) is 5.75 Å². The third-order valence-corrected chi connectivity index (χ3v) is 2.37. The highest BCUT2D eigenvalue weighted by Crippen LogP contribution is 2.16. The van der Waals surface area contributed by atoms with Crippen molar-refractivity contribution in [3.05, 3.63) is 24.3 Å². The number of nitrogens with one attached hydrogen (secondary N) is 2. The topological polar surface area (TPSA) is 74.2 Å². The van der Waals surface area contributed by atoms with Gasteiger partial charge in [0.15, 0.2) is 0 Å². The van der Waals surface area contributed by atoms with Crippen molar-refractivity contribution in [2.24, 2.45) is 0 Å². The number of nitrogens with zero attached hydrogens (tertiary/aromatic N) is 1. The van der Waals surface area contributed by atoms with Gasteiger partial charge in [0.2, 0.25) is 0 Å². The van der Waals surface area contributed by atoms with Crippen LogP contribution in [0.4, 0.5) is 10.5 Å². The maximum absolute atomic E-state index is 11.6. The molecule has 0 bridgehead atoms. The summed E-state index contributed by atoms with van der Waals surface area (Å²) < 4.78 is 5.05. The summed E-state index contributed by atoms with van der Waals surface area (Å²) in [4.78, 5) is 11.6. The van der Waals surface area contributed by atoms with Crippen LogP contribution in [0.3, 0.4) is 0 Å². The second kappa shape index (κ2) is 7.17. The number of anilines is 1. The van der Waals surface area contributed by atoms with E-state index >= 15 is 0 Å². The second-order valence-electron chi connectivity index (χ2n) is 3.80. The maximum Gasteiger partial charge on any atom is 0.320 e. The molecule has 18 heavy (non-hydrogen) atoms. The molecule has 1 atom stereocenters. The molecule has 5 nitrogen and oxygen atoms in total. The van der Waals surface area contributed by atoms with Crippen LogP contribution in [-0.4, -0.2) is 19.2 Å². The standard InChI is InChI=1S/C13H17N3O2/c1-3-5-11(9-14)16-13(17)15-10-6-4-7-12(8-10)18-2/h4,6-8,11H,3,5H2,1-2H3,(H2,15,16,17). The predicted molar refractivity (Wildman–Crippen MR) is 69.5 cm³/mol. The molecule has 0 spiro atoms. The van der Waals surface area contributed by atoms with E-state index in [0.717, 1.165) is 6.42 Å². The average molecular weight is 247 g/mol. The first-order valence-corrected chi connectivity index (χ1v) is 5.80. The Morgan fingerprint density at radius 1 is 1.56 bits per heavy atom. The van der Waals surface area contributed by atoms with Gasteiger partial charge in [0.1, 0.15) is 11.8 Å². The zero-order chi connectivity index (χ0) is 13.4. The highest BCUT2D eigenvalue weighted by atomic mass is 16.5. The zero-order valence-electron chi connectivity index (χ0n) is 10.6. The molecule has 0 aliphatic carbocycles. The fourth-order valence-electron chi connectivity index (χ4n) is 1.48. The van der Waals surface area contributed by atoms with E-state index in [4.69, 9.17) is 10.00 Å². The van der Waals surface area contributed by atoms with E-state index in [1.165, 1.54) is 0 Å². The molecule has 0 aromatic heterocycles. The van der Waals surface area contributed by atoms with Crippen molar-refractivity contribution in [1.29, 1.82) is 5.26 Å². The number of nitriles is 1. The minimum absolute atomic E-state index is 0.386. The fraction of sp³-hybridized carbons (Fsp3) is 0.385. The lowest BCUT2D eigenvalue weighted by molar-refractivity contribution is 0.250. The van der Waals surface area contributed by atoms with Crippen molar-refractivity contribution in [1.82, 2.24) is 5.32 Å². The summed E-state index contributed by atoms with van der Waals surface area (Å²) in [6.45, 7) is 1.96. The van der Waals surface area contributed by atoms with Crippen LogP contribution in [0.1, 0.15) is 19.8 Å². The predicted octanol–water partition coefficient (Wildman–Crippen LogP) is 2.51. The van der Waals surface area contributed by atoms with Crippen LogP contribution >= 0.6 is 0 Å². The van der Waals surface area contributed by atoms with Crippen LogP contribution in [0.15, 0.2) is 24.3 Å². The molecular formula is C13H17N3O2. The summed E-state index contributed by atoms with van der Waals surface area (Å²) in [5.41, 5.74) is 0.625. The molecule has 96 valence electrons. The molecule has 2 amide bonds. The molecule has 0 aliphatic heterocycles. The first-order chi connectivity index (χ1) is 8.69. The van der Waals surface area contributed by atoms with Crippen LogP contribution in [0, 0.1) is 11.3 Å². The monoisotopic (exact) mass is 247 g/mol. The van der Waals surface area contributed by atoms with Crippen molar-refractivity contribution >= 4 is 11.7 Å². The summed E-state index contributed by atoms with van der Waals surface area (Å²) in [6.07, 6.45) is 1.49. The van der Waals surface area contributed by atoms with E-state index < -0.39 is 6.04 Å². The maximum atomic E-state index is 11.6. The van der Waals surface area contributed by atoms with Crippen LogP contribution in [0.2, 0.25) is 0 Å². The van der Waals surface area contributed by atoms with Gasteiger partial charge in [-0.3, -0.25) is 0 Å². The number of hydrogen-bond acceptors (Lipinski definition) is 3. The third-order valence-electron chi connectivity index (χ3n) is 2.37. The van der Waals surface area contributed by atoms with Gasteiger partial charge in [-0.15, -0.1) is 0 Å². The van der Waals surface area contributed by atoms with Crippen molar-refractivity contribution in [3.63, 3.8) is 0 Å². The van der Waals surface area contributed by atoms with Gasteiger partial charge in [-0.2, -0.15) is 5.26 Å². The molecule has 1 aromatic carbocycles. The van der Waals surface area contributed by atoms with Gasteiger partial charge >= 0.3 is 6.03 Å². The Labute approximate surface area is 107 Å². The van der Waals surface area contributed by atoms with Crippen molar-refractivity contribution in [3.8, 4) is 11.8 Å². The van der Waals surface area contributed by atoms with E-state index in [9.17, 15) is 4.79 Å². The van der Waals surface area contributed by atoms with E-state index in [2.05, 4.69) is 10.6 Å². The minimum atomic E-state index is -0.458. The van der Waals surface area contributed by atoms with Crippen LogP contribution in [-0.2, 0) is 0 Å². The van der Waals surface area contributed by atoms with Crippen LogP contribution < -0.4 is 15.4 Å². The number of benzene rings is 1. The normalized spacial score (nSPS) is 11.2. The molecule has 0 aliphatic rings. The van der Waals surface area contributed by atoms with Crippen molar-refractivity contribution in [2.45, 2.75) is 25.8 Å². The number of urea groups is 1. The Bertz CT molecular complexity index is 440. The molecule has 5 heteroatoms. The molecule has 0 fully saturated rings. The number of carbonyl (C=O) groups excluding carboxylic acids is 1. The van der Waals surface area contributed by atoms with Gasteiger partial charge < -0.3 is 15.4 Å². The Balaban J connectivity index is 2.56. The Kier molecular flexibility index (Phi) is 5.52. The molecule has 0 saturated carbocycles. The summed E-state index contributed by atoms with van der Waals surface area (Å²) in [6, 6.07) is 8.23. The lowest BCUT2D eigenvalue weighted by Crippen LogP contribution is -2.36. The minimum Gasteiger partial charge on any atom is -0.497 e. The number of carbonyl (C=O) groups is 1. The molecule has 0 saturated heterocycles. The van der Waals surface area contributed by atoms with E-state index in [1.54, 1.807) is 31.4 Å². The van der Waals surface area contributed by atoms with Gasteiger partial charge in [0, 0.05) is 11.8 Å². The zero-order valence-corrected chi connectivity index (χ0v) is 10.6. The van der Waals surface area contributed by atoms with Gasteiger partial charge in [0.05, 0.1) is 13.2 Å². The summed E-state index contributed by atoms with van der Waals surface area (Å²) in [5.74, 6) is 0.665. The lowest BCUT2D eigenvalue weighted by Gasteiger charge is -2.12. The van der Waals surface area contributed by atoms with Gasteiger partial charge in [-0.1, -0.05) is 19.4 Å². The Morgan fingerprint density at radius 2 is 2.33 bits per heavy atom. The van der Waals surface area contributed by atoms with Crippen molar-refractivity contribution in [2.75, 3.05) is 12.4 Å². The molecule has 1 rings (SSSR count). The van der Waals surface area contributed by atoms with Gasteiger partial charge in [-0.25, -0.2) is 4.79 Å². The molecule has 1 aromatic rings. The fourth-order valence-corrected chi connectivity index (χ4v) is 1.48. The number of rotatable bonds is 5. The number of amides is 2. The van der Waals surface area contributed by atoms with Crippen molar-refractivity contribution < 1.29 is 9.53 Å². The smallest absolute Gasteiger partial charge is 0.320 e. The first-order valence-electron chi connectivity index (χ1n) is 5.80. The highest BCUT2D eigenvalue weighted by Gasteiger charge is 2.10. The largest absolute Gasteiger partial charge is 0.497 e. The lowest BCUT2D eigenvalue weighted by atomic mass is 10.2. The summed E-state index contributed by atoms with van der Waals surface area (Å²) in [7, 11) is 1.56. The molecule has 0 radical (unpaired) electrons. The first kappa shape index (κ1) is 13.8. The summed E-state index contributed by atoms with van der Waals surface area (Å²) in [5, 5.41) is 14.1. The Morgan fingerprint density at radius 3 is 2.94 bits per heavy atom. The Hall–Kier alpha value is -2.22. The molecule has 0 heterocycles. The molecular weight excluding hydrogens is 230 g/mol. The van der Waals surface area contributed by atoms with Gasteiger partial charge in [-0.05, 0) is 18.6 Å². The number of ether oxygens (including phenoxy) is 1. The number of methoxy groups -OCH3 is 1. The summed E-state index contributed by atoms with van der Waals surface area (Å²) >= 11 is 0. The van der Waals surface area contributed by atoms with E-state index in [0.29, 0.717) is 17.9 Å². The second-order valence-corrected chi connectivity index (χ2v) is 3.80. The molecule has 2 N–H and O–H groups in total. The SMILES string of the molecule is CCCC(C#N)NC(=O)Nc1cccc(OC)c1. The highest BCUT2D eigenvalue weighted by molar-refractivity contribution is 5.89. The van der Waals surface area contributed by atoms with E-state index in [1.807, 2.05) is 13.0 Å². The van der Waals surface area contributed by atoms with Gasteiger partial charge in [0.25, 0.3) is 0 Å². The third kappa shape index (κ3) is 4.34. The number of hydrogen-bond donors (Lipinski definition) is 2. The quantitative estimate of drug-likeness (QED) is 0.839. The average Bonchev–Trinajstić information content (AvgIpc) is 2.38. The van der Waals surface area contributed by atoms with E-state index in [-0.39, 0.29) is 6.03 Å². The molecule has 1 unspecified atom stereocenters. The van der Waals surface area contributed by atoms with Crippen LogP contribution in [0.25, 0.3) is 0 Å².